The van der Waals surface area contributed by atoms with Crippen molar-refractivity contribution in [2.45, 2.75) is 6.92 Å². The van der Waals surface area contributed by atoms with Gasteiger partial charge in [-0.15, -0.1) is 0 Å². The van der Waals surface area contributed by atoms with Crippen molar-refractivity contribution in [1.82, 2.24) is 5.32 Å². The van der Waals surface area contributed by atoms with Gasteiger partial charge in [-0.3, -0.25) is 14.9 Å². The molecular weight excluding hydrogens is 258 g/mol. The molecule has 1 aromatic carbocycles. The molecule has 0 saturated heterocycles. The summed E-state index contributed by atoms with van der Waals surface area (Å²) in [6, 6.07) is 3.21. The van der Waals surface area contributed by atoms with Gasteiger partial charge in [-0.1, -0.05) is 11.6 Å². The Morgan fingerprint density at radius 2 is 2.06 bits per heavy atom. The number of benzene rings is 1. The van der Waals surface area contributed by atoms with Crippen LogP contribution in [-0.2, 0) is 4.79 Å². The van der Waals surface area contributed by atoms with Crippen molar-refractivity contribution in [2.24, 2.45) is 0 Å². The van der Waals surface area contributed by atoms with Crippen LogP contribution in [0.3, 0.4) is 0 Å². The molecule has 0 radical (unpaired) electrons. The number of ether oxygens (including phenoxy) is 1. The molecule has 0 spiro atoms. The number of carboxylic acids is 1. The number of methoxy groups -OCH3 is 1. The number of rotatable bonds is 6. The molecule has 18 heavy (non-hydrogen) atoms. The number of ketones is 1. The number of nitrogens with one attached hydrogen (secondary N) is 1. The lowest BCUT2D eigenvalue weighted by atomic mass is 10.1. The van der Waals surface area contributed by atoms with Gasteiger partial charge in [0.2, 0.25) is 0 Å². The van der Waals surface area contributed by atoms with Crippen molar-refractivity contribution < 1.29 is 19.4 Å². The molecule has 0 amide bonds. The van der Waals surface area contributed by atoms with Crippen LogP contribution < -0.4 is 10.1 Å². The fourth-order valence-corrected chi connectivity index (χ4v) is 1.86. The normalized spacial score (nSPS) is 10.2. The van der Waals surface area contributed by atoms with Crippen LogP contribution >= 0.6 is 11.6 Å². The van der Waals surface area contributed by atoms with Crippen LogP contribution in [0.4, 0.5) is 0 Å². The van der Waals surface area contributed by atoms with Gasteiger partial charge in [0.15, 0.2) is 5.78 Å². The summed E-state index contributed by atoms with van der Waals surface area (Å²) in [5, 5.41) is 11.4. The largest absolute Gasteiger partial charge is 0.496 e. The van der Waals surface area contributed by atoms with Crippen molar-refractivity contribution in [3.63, 3.8) is 0 Å². The van der Waals surface area contributed by atoms with Crippen LogP contribution in [0.1, 0.15) is 15.9 Å². The molecule has 0 saturated carbocycles. The van der Waals surface area contributed by atoms with E-state index in [-0.39, 0.29) is 18.9 Å². The SMILES string of the molecule is COc1c(C)cc(Cl)cc1C(=O)CNCC(=O)O. The number of aliphatic carboxylic acids is 1. The average molecular weight is 272 g/mol. The molecule has 1 aromatic rings. The molecular formula is C12H14ClNO4. The van der Waals surface area contributed by atoms with E-state index in [9.17, 15) is 9.59 Å². The van der Waals surface area contributed by atoms with E-state index >= 15 is 0 Å². The van der Waals surface area contributed by atoms with E-state index in [1.165, 1.54) is 13.2 Å². The second-order valence-electron chi connectivity index (χ2n) is 3.72. The summed E-state index contributed by atoms with van der Waals surface area (Å²) < 4.78 is 5.16. The summed E-state index contributed by atoms with van der Waals surface area (Å²) in [7, 11) is 1.47. The lowest BCUT2D eigenvalue weighted by Gasteiger charge is -2.11. The third-order valence-electron chi connectivity index (χ3n) is 2.31. The molecule has 1 rings (SSSR count). The zero-order valence-electron chi connectivity index (χ0n) is 10.1. The van der Waals surface area contributed by atoms with Gasteiger partial charge in [0.25, 0.3) is 0 Å². The van der Waals surface area contributed by atoms with E-state index < -0.39 is 5.97 Å². The van der Waals surface area contributed by atoms with Crippen molar-refractivity contribution in [3.8, 4) is 5.75 Å². The number of halogens is 1. The Bertz CT molecular complexity index is 473. The fourth-order valence-electron chi connectivity index (χ4n) is 1.59. The number of carboxylic acid groups (broad SMARTS) is 1. The predicted molar refractivity (Wildman–Crippen MR) is 67.6 cm³/mol. The Hall–Kier alpha value is -1.59. The number of Topliss-reactive ketones (excluding diaryl/α,β-unsaturated/α-hetero) is 1. The Labute approximate surface area is 110 Å². The summed E-state index contributed by atoms with van der Waals surface area (Å²) in [4.78, 5) is 22.2. The standard InChI is InChI=1S/C12H14ClNO4/c1-7-3-8(13)4-9(12(7)18-2)10(15)5-14-6-11(16)17/h3-4,14H,5-6H2,1-2H3,(H,16,17). The Kier molecular flexibility index (Phi) is 5.12. The Morgan fingerprint density at radius 3 is 2.61 bits per heavy atom. The van der Waals surface area contributed by atoms with E-state index in [1.54, 1.807) is 13.0 Å². The summed E-state index contributed by atoms with van der Waals surface area (Å²) in [5.41, 5.74) is 1.10. The second-order valence-corrected chi connectivity index (χ2v) is 4.16. The quantitative estimate of drug-likeness (QED) is 0.767. The van der Waals surface area contributed by atoms with Crippen molar-refractivity contribution >= 4 is 23.4 Å². The molecule has 0 heterocycles. The molecule has 0 atom stereocenters. The van der Waals surface area contributed by atoms with Crippen molar-refractivity contribution in [2.75, 3.05) is 20.2 Å². The van der Waals surface area contributed by atoms with E-state index in [2.05, 4.69) is 5.32 Å². The molecule has 2 N–H and O–H groups in total. The highest BCUT2D eigenvalue weighted by Gasteiger charge is 2.15. The molecule has 0 unspecified atom stereocenters. The molecule has 0 aliphatic rings. The average Bonchev–Trinajstić information content (AvgIpc) is 2.27. The van der Waals surface area contributed by atoms with Gasteiger partial charge in [-0.2, -0.15) is 0 Å². The fraction of sp³-hybridized carbons (Fsp3) is 0.333. The first kappa shape index (κ1) is 14.5. The van der Waals surface area contributed by atoms with Gasteiger partial charge >= 0.3 is 5.97 Å². The summed E-state index contributed by atoms with van der Waals surface area (Å²) in [6.07, 6.45) is 0. The van der Waals surface area contributed by atoms with Gasteiger partial charge in [-0.25, -0.2) is 0 Å². The maximum Gasteiger partial charge on any atom is 0.317 e. The Morgan fingerprint density at radius 1 is 1.39 bits per heavy atom. The zero-order valence-corrected chi connectivity index (χ0v) is 10.9. The number of hydrogen-bond donors (Lipinski definition) is 2. The minimum atomic E-state index is -1.02. The van der Waals surface area contributed by atoms with Crippen LogP contribution in [0, 0.1) is 6.92 Å². The molecule has 5 nitrogen and oxygen atoms in total. The van der Waals surface area contributed by atoms with Crippen LogP contribution in [0.25, 0.3) is 0 Å². The van der Waals surface area contributed by atoms with Gasteiger partial charge in [0.1, 0.15) is 5.75 Å². The van der Waals surface area contributed by atoms with E-state index in [0.29, 0.717) is 16.3 Å². The monoisotopic (exact) mass is 271 g/mol. The van der Waals surface area contributed by atoms with Gasteiger partial charge in [0, 0.05) is 5.02 Å². The minimum absolute atomic E-state index is 0.0809. The Balaban J connectivity index is 2.87. The highest BCUT2D eigenvalue weighted by molar-refractivity contribution is 6.31. The third kappa shape index (κ3) is 3.72. The zero-order chi connectivity index (χ0) is 13.7. The number of carbonyl (C=O) groups excluding carboxylic acids is 1. The van der Waals surface area contributed by atoms with E-state index in [1.807, 2.05) is 0 Å². The lowest BCUT2D eigenvalue weighted by molar-refractivity contribution is -0.135. The molecule has 98 valence electrons. The van der Waals surface area contributed by atoms with E-state index in [4.69, 9.17) is 21.4 Å². The topological polar surface area (TPSA) is 75.6 Å². The second kappa shape index (κ2) is 6.37. The number of hydrogen-bond acceptors (Lipinski definition) is 4. The molecule has 0 bridgehead atoms. The summed E-state index contributed by atoms with van der Waals surface area (Å²) in [6.45, 7) is 1.43. The van der Waals surface area contributed by atoms with Crippen molar-refractivity contribution in [1.29, 1.82) is 0 Å². The summed E-state index contributed by atoms with van der Waals surface area (Å²) >= 11 is 5.89. The first-order valence-corrected chi connectivity index (χ1v) is 5.63. The highest BCUT2D eigenvalue weighted by Crippen LogP contribution is 2.27. The van der Waals surface area contributed by atoms with Gasteiger partial charge in [-0.05, 0) is 24.6 Å². The summed E-state index contributed by atoms with van der Waals surface area (Å²) in [5.74, 6) is -0.822. The first-order valence-electron chi connectivity index (χ1n) is 5.25. The molecule has 0 fully saturated rings. The van der Waals surface area contributed by atoms with Crippen LogP contribution in [0.5, 0.6) is 5.75 Å². The smallest absolute Gasteiger partial charge is 0.317 e. The van der Waals surface area contributed by atoms with E-state index in [0.717, 1.165) is 5.56 Å². The third-order valence-corrected chi connectivity index (χ3v) is 2.52. The van der Waals surface area contributed by atoms with Crippen molar-refractivity contribution in [3.05, 3.63) is 28.3 Å². The number of carbonyl (C=O) groups is 2. The predicted octanol–water partition coefficient (Wildman–Crippen LogP) is 1.51. The van der Waals surface area contributed by atoms with Gasteiger partial charge in [0.05, 0.1) is 25.8 Å². The molecule has 0 aromatic heterocycles. The molecule has 0 aliphatic carbocycles. The lowest BCUT2D eigenvalue weighted by Crippen LogP contribution is -2.28. The number of aryl methyl sites for hydroxylation is 1. The minimum Gasteiger partial charge on any atom is -0.496 e. The maximum absolute atomic E-state index is 11.9. The molecule has 6 heteroatoms. The maximum atomic E-state index is 11.9. The molecule has 0 aliphatic heterocycles. The van der Waals surface area contributed by atoms with Gasteiger partial charge < -0.3 is 9.84 Å². The highest BCUT2D eigenvalue weighted by atomic mass is 35.5. The first-order chi connectivity index (χ1) is 8.45. The van der Waals surface area contributed by atoms with Crippen LogP contribution in [-0.4, -0.2) is 37.1 Å². The van der Waals surface area contributed by atoms with Crippen LogP contribution in [0.2, 0.25) is 5.02 Å². The van der Waals surface area contributed by atoms with Crippen LogP contribution in [0.15, 0.2) is 12.1 Å².